The smallest absolute Gasteiger partial charge is 0.425 e. The summed E-state index contributed by atoms with van der Waals surface area (Å²) in [5.41, 5.74) is 1.64. The fourth-order valence-electron chi connectivity index (χ4n) is 3.26. The lowest BCUT2D eigenvalue weighted by atomic mass is 10.2. The maximum absolute atomic E-state index is 12.8. The predicted molar refractivity (Wildman–Crippen MR) is 122 cm³/mol. The Hall–Kier alpha value is -3.60. The van der Waals surface area contributed by atoms with Gasteiger partial charge in [0, 0.05) is 17.6 Å². The zero-order chi connectivity index (χ0) is 24.5. The lowest BCUT2D eigenvalue weighted by Crippen LogP contribution is -2.31. The van der Waals surface area contributed by atoms with Crippen LogP contribution in [0, 0.1) is 0 Å². The molecule has 0 aliphatic heterocycles. The summed E-state index contributed by atoms with van der Waals surface area (Å²) in [6.45, 7) is 3.67. The van der Waals surface area contributed by atoms with Crippen LogP contribution < -0.4 is 15.6 Å². The number of nitrogens with one attached hydrogen (secondary N) is 1. The zero-order valence-electron chi connectivity index (χ0n) is 18.2. The number of rotatable bonds is 7. The third-order valence-electron chi connectivity index (χ3n) is 5.09. The van der Waals surface area contributed by atoms with Crippen LogP contribution in [0.5, 0.6) is 5.88 Å². The van der Waals surface area contributed by atoms with Crippen molar-refractivity contribution in [2.45, 2.75) is 39.2 Å². The number of halogens is 4. The molecule has 34 heavy (non-hydrogen) atoms. The van der Waals surface area contributed by atoms with Crippen LogP contribution >= 0.6 is 11.6 Å². The molecule has 4 rings (SSSR count). The van der Waals surface area contributed by atoms with Crippen LogP contribution in [0.1, 0.15) is 19.4 Å². The molecular formula is C22H20ClF3N6O2. The van der Waals surface area contributed by atoms with Crippen molar-refractivity contribution in [3.8, 4) is 5.88 Å². The van der Waals surface area contributed by atoms with Gasteiger partial charge in [0.1, 0.15) is 0 Å². The molecule has 1 N–H and O–H groups in total. The molecule has 0 saturated carbocycles. The third-order valence-corrected chi connectivity index (χ3v) is 5.34. The van der Waals surface area contributed by atoms with E-state index in [1.54, 1.807) is 27.6 Å². The van der Waals surface area contributed by atoms with Crippen LogP contribution in [0.3, 0.4) is 0 Å². The fraction of sp³-hybridized carbons (Fsp3) is 0.273. The number of aryl methyl sites for hydroxylation is 1. The summed E-state index contributed by atoms with van der Waals surface area (Å²) >= 11 is 5.99. The number of aromatic nitrogens is 5. The van der Waals surface area contributed by atoms with Crippen molar-refractivity contribution in [2.24, 2.45) is 0 Å². The number of hydrogen-bond donors (Lipinski definition) is 1. The van der Waals surface area contributed by atoms with Gasteiger partial charge in [0.15, 0.2) is 17.3 Å². The second kappa shape index (κ2) is 9.34. The second-order valence-corrected chi connectivity index (χ2v) is 7.90. The van der Waals surface area contributed by atoms with Gasteiger partial charge in [-0.25, -0.2) is 9.97 Å². The van der Waals surface area contributed by atoms with Crippen molar-refractivity contribution in [3.05, 3.63) is 69.9 Å². The number of ether oxygens (including phenoxy) is 1. The van der Waals surface area contributed by atoms with Gasteiger partial charge in [-0.15, -0.1) is 0 Å². The van der Waals surface area contributed by atoms with Gasteiger partial charge < -0.3 is 14.6 Å². The Balaban J connectivity index is 1.69. The van der Waals surface area contributed by atoms with Gasteiger partial charge in [-0.05, 0) is 37.6 Å². The number of pyridine rings is 1. The van der Waals surface area contributed by atoms with Crippen LogP contribution in [0.25, 0.3) is 11.2 Å². The number of hydrogen-bond acceptors (Lipinski definition) is 6. The van der Waals surface area contributed by atoms with Crippen molar-refractivity contribution in [3.63, 3.8) is 0 Å². The first-order valence-corrected chi connectivity index (χ1v) is 10.7. The van der Waals surface area contributed by atoms with E-state index in [-0.39, 0.29) is 11.8 Å². The minimum atomic E-state index is -4.50. The van der Waals surface area contributed by atoms with Crippen LogP contribution in [-0.4, -0.2) is 36.4 Å². The minimum absolute atomic E-state index is 0.181. The summed E-state index contributed by atoms with van der Waals surface area (Å²) in [5.74, 6) is 0.0203. The highest BCUT2D eigenvalue weighted by Gasteiger charge is 2.38. The van der Waals surface area contributed by atoms with E-state index in [0.29, 0.717) is 35.0 Å². The molecule has 178 valence electrons. The third kappa shape index (κ3) is 4.98. The maximum Gasteiger partial charge on any atom is 0.425 e. The van der Waals surface area contributed by atoms with Gasteiger partial charge >= 0.3 is 11.7 Å². The Morgan fingerprint density at radius 3 is 2.50 bits per heavy atom. The van der Waals surface area contributed by atoms with Crippen LogP contribution in [0.2, 0.25) is 5.02 Å². The Morgan fingerprint density at radius 1 is 1.15 bits per heavy atom. The van der Waals surface area contributed by atoms with E-state index in [1.165, 1.54) is 18.3 Å². The lowest BCUT2D eigenvalue weighted by Gasteiger charge is -2.17. The number of anilines is 2. The first-order chi connectivity index (χ1) is 16.2. The van der Waals surface area contributed by atoms with Crippen LogP contribution in [0.4, 0.5) is 24.8 Å². The van der Waals surface area contributed by atoms with Crippen molar-refractivity contribution in [1.29, 1.82) is 0 Å². The molecule has 4 aromatic rings. The van der Waals surface area contributed by atoms with Gasteiger partial charge in [0.25, 0.3) is 0 Å². The molecule has 0 fully saturated rings. The molecule has 0 bridgehead atoms. The molecule has 0 amide bonds. The van der Waals surface area contributed by atoms with Crippen molar-refractivity contribution in [2.75, 3.05) is 5.32 Å². The van der Waals surface area contributed by atoms with Crippen molar-refractivity contribution in [1.82, 2.24) is 24.1 Å². The Morgan fingerprint density at radius 2 is 1.88 bits per heavy atom. The van der Waals surface area contributed by atoms with Gasteiger partial charge in [-0.3, -0.25) is 9.36 Å². The molecule has 0 aliphatic rings. The average molecular weight is 493 g/mol. The van der Waals surface area contributed by atoms with E-state index in [1.807, 2.05) is 19.1 Å². The SMILES string of the molecule is CCn1cnc2c1c(=O)nc(Nc1ccc(O[C@@H](C)C(F)(F)F)nc1)n2Cc1ccc(Cl)cc1. The number of alkyl halides is 3. The monoisotopic (exact) mass is 492 g/mol. The molecule has 0 unspecified atom stereocenters. The number of benzene rings is 1. The van der Waals surface area contributed by atoms with Crippen molar-refractivity contribution >= 4 is 34.4 Å². The average Bonchev–Trinajstić information content (AvgIpc) is 3.23. The second-order valence-electron chi connectivity index (χ2n) is 7.47. The molecule has 3 aromatic heterocycles. The van der Waals surface area contributed by atoms with E-state index in [2.05, 4.69) is 20.3 Å². The first-order valence-electron chi connectivity index (χ1n) is 10.3. The summed E-state index contributed by atoms with van der Waals surface area (Å²) in [6, 6.07) is 10.00. The minimum Gasteiger partial charge on any atom is -0.465 e. The zero-order valence-corrected chi connectivity index (χ0v) is 18.9. The van der Waals surface area contributed by atoms with Gasteiger partial charge in [0.2, 0.25) is 11.8 Å². The number of imidazole rings is 1. The topological polar surface area (TPSA) is 86.9 Å². The van der Waals surface area contributed by atoms with E-state index in [4.69, 9.17) is 16.3 Å². The van der Waals surface area contributed by atoms with Crippen LogP contribution in [-0.2, 0) is 13.1 Å². The molecular weight excluding hydrogens is 473 g/mol. The van der Waals surface area contributed by atoms with Gasteiger partial charge in [-0.1, -0.05) is 23.7 Å². The molecule has 0 saturated heterocycles. The summed E-state index contributed by atoms with van der Waals surface area (Å²) in [7, 11) is 0. The fourth-order valence-corrected chi connectivity index (χ4v) is 3.38. The Labute approximate surface area is 197 Å². The summed E-state index contributed by atoms with van der Waals surface area (Å²) in [4.78, 5) is 25.3. The molecule has 0 aliphatic carbocycles. The highest BCUT2D eigenvalue weighted by atomic mass is 35.5. The molecule has 8 nitrogen and oxygen atoms in total. The van der Waals surface area contributed by atoms with E-state index in [0.717, 1.165) is 12.5 Å². The van der Waals surface area contributed by atoms with E-state index < -0.39 is 17.8 Å². The quantitative estimate of drug-likeness (QED) is 0.399. The largest absolute Gasteiger partial charge is 0.465 e. The molecule has 3 heterocycles. The van der Waals surface area contributed by atoms with Crippen molar-refractivity contribution < 1.29 is 17.9 Å². The summed E-state index contributed by atoms with van der Waals surface area (Å²) in [5, 5.41) is 3.60. The van der Waals surface area contributed by atoms with Gasteiger partial charge in [0.05, 0.1) is 24.8 Å². The summed E-state index contributed by atoms with van der Waals surface area (Å²) in [6.07, 6.45) is -3.63. The molecule has 0 spiro atoms. The standard InChI is InChI=1S/C22H20ClF3N6O2/c1-3-31-12-28-19-18(31)20(33)30-21(32(19)11-14-4-6-15(23)7-5-14)29-16-8-9-17(27-10-16)34-13(2)22(24,25)26/h4-10,12-13H,3,11H2,1-2H3,(H,29,30,33)/t13-/m0/s1. The molecule has 0 radical (unpaired) electrons. The predicted octanol–water partition coefficient (Wildman–Crippen LogP) is 4.78. The number of nitrogens with zero attached hydrogens (tertiary/aromatic N) is 5. The maximum atomic E-state index is 12.8. The van der Waals surface area contributed by atoms with Gasteiger partial charge in [-0.2, -0.15) is 18.2 Å². The lowest BCUT2D eigenvalue weighted by molar-refractivity contribution is -0.189. The highest BCUT2D eigenvalue weighted by molar-refractivity contribution is 6.30. The Kier molecular flexibility index (Phi) is 6.47. The van der Waals surface area contributed by atoms with E-state index >= 15 is 0 Å². The molecule has 12 heteroatoms. The summed E-state index contributed by atoms with van der Waals surface area (Å²) < 4.78 is 46.4. The van der Waals surface area contributed by atoms with E-state index in [9.17, 15) is 18.0 Å². The number of fused-ring (bicyclic) bond motifs is 1. The Bertz CT molecular complexity index is 1350. The normalized spacial score (nSPS) is 12.6. The molecule has 1 aromatic carbocycles. The molecule has 1 atom stereocenters. The highest BCUT2D eigenvalue weighted by Crippen LogP contribution is 2.25. The van der Waals surface area contributed by atoms with Crippen LogP contribution in [0.15, 0.2) is 53.7 Å². The first kappa shape index (κ1) is 23.6.